The van der Waals surface area contributed by atoms with Gasteiger partial charge in [0.05, 0.1) is 6.61 Å². The molecule has 0 aromatic heterocycles. The van der Waals surface area contributed by atoms with E-state index in [2.05, 4.69) is 30.5 Å². The maximum absolute atomic E-state index is 10.9. The van der Waals surface area contributed by atoms with E-state index in [0.717, 1.165) is 12.8 Å². The molecule has 3 nitrogen and oxygen atoms in total. The molecule has 0 bridgehead atoms. The third kappa shape index (κ3) is 9.34. The normalized spacial score (nSPS) is 11.4. The summed E-state index contributed by atoms with van der Waals surface area (Å²) < 4.78 is 0. The second-order valence-corrected chi connectivity index (χ2v) is 4.28. The van der Waals surface area contributed by atoms with Crippen molar-refractivity contribution in [1.29, 1.82) is 0 Å². The van der Waals surface area contributed by atoms with Crippen LogP contribution in [0.25, 0.3) is 0 Å². The van der Waals surface area contributed by atoms with E-state index in [4.69, 9.17) is 0 Å². The van der Waals surface area contributed by atoms with Crippen LogP contribution >= 0.6 is 0 Å². The minimum Gasteiger partial charge on any atom is -0.298 e. The molecule has 0 saturated carbocycles. The lowest BCUT2D eigenvalue weighted by Gasteiger charge is -2.16. The Labute approximate surface area is 80.3 Å². The van der Waals surface area contributed by atoms with Gasteiger partial charge in [-0.05, 0) is 25.2 Å². The van der Waals surface area contributed by atoms with Gasteiger partial charge < -0.3 is 0 Å². The molecule has 0 unspecified atom stereocenters. The summed E-state index contributed by atoms with van der Waals surface area (Å²) in [5.74, 6) is -0.272. The summed E-state index contributed by atoms with van der Waals surface area (Å²) in [6, 6.07) is 0. The predicted octanol–water partition coefficient (Wildman–Crippen LogP) is 2.70. The summed E-state index contributed by atoms with van der Waals surface area (Å²) in [4.78, 5) is 19.9. The lowest BCUT2D eigenvalue weighted by Crippen LogP contribution is -2.09. The van der Waals surface area contributed by atoms with Crippen LogP contribution in [0.5, 0.6) is 0 Å². The molecule has 0 N–H and O–H groups in total. The van der Waals surface area contributed by atoms with Crippen LogP contribution in [0.1, 0.15) is 47.0 Å². The van der Waals surface area contributed by atoms with Crippen molar-refractivity contribution < 1.29 is 14.6 Å². The van der Waals surface area contributed by atoms with Gasteiger partial charge in [-0.3, -0.25) is 4.89 Å². The zero-order valence-electron chi connectivity index (χ0n) is 9.05. The van der Waals surface area contributed by atoms with Crippen LogP contribution < -0.4 is 0 Å². The van der Waals surface area contributed by atoms with Crippen LogP contribution in [0.15, 0.2) is 0 Å². The highest BCUT2D eigenvalue weighted by molar-refractivity contribution is 5.68. The van der Waals surface area contributed by atoms with Crippen LogP contribution in [0.4, 0.5) is 0 Å². The van der Waals surface area contributed by atoms with E-state index < -0.39 is 0 Å². The van der Waals surface area contributed by atoms with E-state index in [1.807, 2.05) is 0 Å². The molecule has 78 valence electrons. The van der Waals surface area contributed by atoms with Crippen LogP contribution in [0.3, 0.4) is 0 Å². The van der Waals surface area contributed by atoms with E-state index in [9.17, 15) is 4.79 Å². The molecular weight excluding hydrogens is 168 g/mol. The number of hydrogen-bond acceptors (Lipinski definition) is 3. The van der Waals surface area contributed by atoms with Crippen LogP contribution in [0, 0.1) is 5.41 Å². The molecule has 0 aromatic rings. The van der Waals surface area contributed by atoms with E-state index in [1.54, 1.807) is 6.92 Å². The Hall–Kier alpha value is -0.570. The average Bonchev–Trinajstić information content (AvgIpc) is 1.98. The molecular formula is C10H20O3. The zero-order chi connectivity index (χ0) is 10.3. The second-order valence-electron chi connectivity index (χ2n) is 4.28. The van der Waals surface area contributed by atoms with Gasteiger partial charge in [-0.2, -0.15) is 4.89 Å². The number of rotatable bonds is 5. The molecule has 0 spiro atoms. The van der Waals surface area contributed by atoms with Crippen molar-refractivity contribution in [3.63, 3.8) is 0 Å². The minimum absolute atomic E-state index is 0.272. The molecule has 0 heterocycles. The van der Waals surface area contributed by atoms with Crippen molar-refractivity contribution in [3.8, 4) is 0 Å². The molecule has 0 amide bonds. The molecule has 0 aromatic carbocycles. The van der Waals surface area contributed by atoms with Gasteiger partial charge in [0.1, 0.15) is 0 Å². The first kappa shape index (κ1) is 12.4. The van der Waals surface area contributed by atoms with Gasteiger partial charge in [-0.25, -0.2) is 4.79 Å². The highest BCUT2D eigenvalue weighted by Gasteiger charge is 2.11. The van der Waals surface area contributed by atoms with Crippen LogP contribution in [-0.2, 0) is 14.6 Å². The predicted molar refractivity (Wildman–Crippen MR) is 51.0 cm³/mol. The Bertz CT molecular complexity index is 147. The lowest BCUT2D eigenvalue weighted by atomic mass is 9.90. The molecule has 0 saturated heterocycles. The third-order valence-corrected chi connectivity index (χ3v) is 1.58. The summed E-state index contributed by atoms with van der Waals surface area (Å²) >= 11 is 0. The molecule has 0 fully saturated rings. The highest BCUT2D eigenvalue weighted by atomic mass is 17.2. The molecule has 0 radical (unpaired) electrons. The number of hydrogen-bond donors (Lipinski definition) is 0. The Balaban J connectivity index is 3.37. The fraction of sp³-hybridized carbons (Fsp3) is 0.900. The Kier molecular flexibility index (Phi) is 5.71. The van der Waals surface area contributed by atoms with Crippen molar-refractivity contribution in [2.24, 2.45) is 5.41 Å². The van der Waals surface area contributed by atoms with Gasteiger partial charge in [-0.15, -0.1) is 0 Å². The van der Waals surface area contributed by atoms with E-state index in [-0.39, 0.29) is 11.4 Å². The van der Waals surface area contributed by atoms with E-state index in [1.165, 1.54) is 0 Å². The van der Waals surface area contributed by atoms with Gasteiger partial charge in [-0.1, -0.05) is 20.8 Å². The zero-order valence-corrected chi connectivity index (χ0v) is 9.05. The summed E-state index contributed by atoms with van der Waals surface area (Å²) in [6.45, 7) is 8.65. The summed E-state index contributed by atoms with van der Waals surface area (Å²) in [7, 11) is 0. The highest BCUT2D eigenvalue weighted by Crippen LogP contribution is 2.21. The van der Waals surface area contributed by atoms with Gasteiger partial charge in [0, 0.05) is 6.42 Å². The van der Waals surface area contributed by atoms with Crippen LogP contribution in [-0.4, -0.2) is 12.6 Å². The summed E-state index contributed by atoms with van der Waals surface area (Å²) in [5.41, 5.74) is 0.284. The monoisotopic (exact) mass is 188 g/mol. The SMILES string of the molecule is CCOOC(=O)CCCC(C)(C)C. The summed E-state index contributed by atoms with van der Waals surface area (Å²) in [5, 5.41) is 0. The van der Waals surface area contributed by atoms with Gasteiger partial charge in [0.2, 0.25) is 0 Å². The standard InChI is InChI=1S/C10H20O3/c1-5-12-13-9(11)7-6-8-10(2,3)4/h5-8H2,1-4H3. The largest absolute Gasteiger partial charge is 0.342 e. The van der Waals surface area contributed by atoms with Crippen molar-refractivity contribution in [2.45, 2.75) is 47.0 Å². The van der Waals surface area contributed by atoms with E-state index in [0.29, 0.717) is 13.0 Å². The topological polar surface area (TPSA) is 35.5 Å². The molecule has 0 atom stereocenters. The van der Waals surface area contributed by atoms with Crippen molar-refractivity contribution in [1.82, 2.24) is 0 Å². The number of carbonyl (C=O) groups excluding carboxylic acids is 1. The molecule has 3 heteroatoms. The van der Waals surface area contributed by atoms with Crippen LogP contribution in [0.2, 0.25) is 0 Å². The van der Waals surface area contributed by atoms with Crippen molar-refractivity contribution in [2.75, 3.05) is 6.61 Å². The number of carbonyl (C=O) groups is 1. The lowest BCUT2D eigenvalue weighted by molar-refractivity contribution is -0.269. The fourth-order valence-corrected chi connectivity index (χ4v) is 0.929. The molecule has 0 aliphatic heterocycles. The van der Waals surface area contributed by atoms with Crippen molar-refractivity contribution >= 4 is 5.97 Å². The molecule has 13 heavy (non-hydrogen) atoms. The Morgan fingerprint density at radius 2 is 1.92 bits per heavy atom. The Morgan fingerprint density at radius 3 is 2.38 bits per heavy atom. The minimum atomic E-state index is -0.272. The van der Waals surface area contributed by atoms with Gasteiger partial charge in [0.25, 0.3) is 0 Å². The first-order valence-electron chi connectivity index (χ1n) is 4.78. The fourth-order valence-electron chi connectivity index (χ4n) is 0.929. The average molecular weight is 188 g/mol. The molecule has 0 rings (SSSR count). The molecule has 0 aliphatic rings. The van der Waals surface area contributed by atoms with Gasteiger partial charge >= 0.3 is 5.97 Å². The van der Waals surface area contributed by atoms with Crippen molar-refractivity contribution in [3.05, 3.63) is 0 Å². The summed E-state index contributed by atoms with van der Waals surface area (Å²) in [6.07, 6.45) is 2.32. The maximum Gasteiger partial charge on any atom is 0.342 e. The maximum atomic E-state index is 10.9. The third-order valence-electron chi connectivity index (χ3n) is 1.58. The molecule has 0 aliphatic carbocycles. The quantitative estimate of drug-likeness (QED) is 0.491. The van der Waals surface area contributed by atoms with E-state index >= 15 is 0 Å². The van der Waals surface area contributed by atoms with Gasteiger partial charge in [0.15, 0.2) is 0 Å². The second kappa shape index (κ2) is 5.97. The first-order valence-corrected chi connectivity index (χ1v) is 4.78. The smallest absolute Gasteiger partial charge is 0.298 e. The Morgan fingerprint density at radius 1 is 1.31 bits per heavy atom. The first-order chi connectivity index (χ1) is 5.95.